The van der Waals surface area contributed by atoms with E-state index in [4.69, 9.17) is 0 Å². The van der Waals surface area contributed by atoms with Crippen LogP contribution in [0.25, 0.3) is 0 Å². The highest BCUT2D eigenvalue weighted by atomic mass is 15.3. The number of nitrogens with one attached hydrogen (secondary N) is 1. The summed E-state index contributed by atoms with van der Waals surface area (Å²) in [5.41, 5.74) is 1.58. The van der Waals surface area contributed by atoms with Crippen LogP contribution in [0.5, 0.6) is 0 Å². The molecule has 2 rings (SSSR count). The number of anilines is 1. The van der Waals surface area contributed by atoms with E-state index in [0.29, 0.717) is 6.04 Å². The van der Waals surface area contributed by atoms with Crippen LogP contribution in [0.15, 0.2) is 18.3 Å². The molecule has 4 heteroatoms. The summed E-state index contributed by atoms with van der Waals surface area (Å²) in [6.07, 6.45) is 1.94. The van der Waals surface area contributed by atoms with Crippen molar-refractivity contribution in [3.05, 3.63) is 23.9 Å². The third-order valence-corrected chi connectivity index (χ3v) is 4.33. The number of nitrogens with zero attached hydrogens (tertiary/aromatic N) is 3. The van der Waals surface area contributed by atoms with Gasteiger partial charge in [-0.15, -0.1) is 0 Å². The van der Waals surface area contributed by atoms with Gasteiger partial charge < -0.3 is 10.2 Å². The predicted octanol–water partition coefficient (Wildman–Crippen LogP) is 2.67. The highest BCUT2D eigenvalue weighted by Crippen LogP contribution is 2.21. The Labute approximate surface area is 129 Å². The van der Waals surface area contributed by atoms with Crippen molar-refractivity contribution in [3.8, 4) is 0 Å². The normalized spacial score (nSPS) is 18.8. The molecule has 1 unspecified atom stereocenters. The van der Waals surface area contributed by atoms with Gasteiger partial charge in [0, 0.05) is 44.0 Å². The van der Waals surface area contributed by atoms with Crippen molar-refractivity contribution in [1.29, 1.82) is 0 Å². The Morgan fingerprint density at radius 1 is 1.24 bits per heavy atom. The molecule has 2 heterocycles. The second-order valence-corrected chi connectivity index (χ2v) is 6.87. The molecule has 1 aliphatic heterocycles. The fourth-order valence-corrected chi connectivity index (χ4v) is 2.91. The monoisotopic (exact) mass is 290 g/mol. The Kier molecular flexibility index (Phi) is 5.22. The van der Waals surface area contributed by atoms with Gasteiger partial charge in [0.1, 0.15) is 5.82 Å². The quantitative estimate of drug-likeness (QED) is 0.924. The topological polar surface area (TPSA) is 31.4 Å². The van der Waals surface area contributed by atoms with E-state index < -0.39 is 0 Å². The fourth-order valence-electron chi connectivity index (χ4n) is 2.91. The SMILES string of the molecule is CCNC(C)c1ccnc(N2CCN(C(C)(C)C)CC2)c1. The molecule has 1 aliphatic rings. The Bertz CT molecular complexity index is 444. The average Bonchev–Trinajstić information content (AvgIpc) is 2.47. The number of hydrogen-bond donors (Lipinski definition) is 1. The van der Waals surface area contributed by atoms with Crippen LogP contribution >= 0.6 is 0 Å². The van der Waals surface area contributed by atoms with Crippen LogP contribution in [0.2, 0.25) is 0 Å². The number of rotatable bonds is 4. The summed E-state index contributed by atoms with van der Waals surface area (Å²) in [5.74, 6) is 1.12. The molecule has 0 saturated carbocycles. The molecule has 1 aromatic heterocycles. The van der Waals surface area contributed by atoms with E-state index in [-0.39, 0.29) is 5.54 Å². The van der Waals surface area contributed by atoms with Crippen molar-refractivity contribution in [2.45, 2.75) is 46.2 Å². The van der Waals surface area contributed by atoms with Crippen molar-refractivity contribution in [2.75, 3.05) is 37.6 Å². The van der Waals surface area contributed by atoms with E-state index in [1.807, 2.05) is 6.20 Å². The second-order valence-electron chi connectivity index (χ2n) is 6.87. The standard InChI is InChI=1S/C17H30N4/c1-6-18-14(2)15-7-8-19-16(13-15)20-9-11-21(12-10-20)17(3,4)5/h7-8,13-14,18H,6,9-12H2,1-5H3. The maximum absolute atomic E-state index is 4.57. The van der Waals surface area contributed by atoms with Crippen molar-refractivity contribution >= 4 is 5.82 Å². The lowest BCUT2D eigenvalue weighted by atomic mass is 10.0. The predicted molar refractivity (Wildman–Crippen MR) is 89.9 cm³/mol. The van der Waals surface area contributed by atoms with E-state index in [9.17, 15) is 0 Å². The average molecular weight is 290 g/mol. The van der Waals surface area contributed by atoms with Crippen LogP contribution in [0, 0.1) is 0 Å². The molecule has 0 bridgehead atoms. The molecule has 0 radical (unpaired) electrons. The Hall–Kier alpha value is -1.13. The molecule has 21 heavy (non-hydrogen) atoms. The Morgan fingerprint density at radius 2 is 1.90 bits per heavy atom. The van der Waals surface area contributed by atoms with Crippen LogP contribution in [0.4, 0.5) is 5.82 Å². The molecule has 1 atom stereocenters. The van der Waals surface area contributed by atoms with Gasteiger partial charge in [0.15, 0.2) is 0 Å². The lowest BCUT2D eigenvalue weighted by Crippen LogP contribution is -2.53. The minimum Gasteiger partial charge on any atom is -0.354 e. The molecule has 0 aromatic carbocycles. The Balaban J connectivity index is 2.02. The van der Waals surface area contributed by atoms with Gasteiger partial charge in [0.25, 0.3) is 0 Å². The second kappa shape index (κ2) is 6.75. The number of pyridine rings is 1. The van der Waals surface area contributed by atoms with Gasteiger partial charge in [-0.25, -0.2) is 4.98 Å². The smallest absolute Gasteiger partial charge is 0.128 e. The molecule has 1 aromatic rings. The van der Waals surface area contributed by atoms with E-state index >= 15 is 0 Å². The molecule has 118 valence electrons. The van der Waals surface area contributed by atoms with Gasteiger partial charge in [0.2, 0.25) is 0 Å². The maximum Gasteiger partial charge on any atom is 0.128 e. The first-order chi connectivity index (χ1) is 9.91. The summed E-state index contributed by atoms with van der Waals surface area (Å²) in [5, 5.41) is 3.46. The molecule has 1 fully saturated rings. The first-order valence-electron chi connectivity index (χ1n) is 8.11. The zero-order valence-corrected chi connectivity index (χ0v) is 14.2. The molecule has 0 amide bonds. The van der Waals surface area contributed by atoms with Crippen molar-refractivity contribution < 1.29 is 0 Å². The maximum atomic E-state index is 4.57. The van der Waals surface area contributed by atoms with Crippen molar-refractivity contribution in [1.82, 2.24) is 15.2 Å². The summed E-state index contributed by atoms with van der Waals surface area (Å²) in [7, 11) is 0. The zero-order chi connectivity index (χ0) is 15.5. The molecule has 1 N–H and O–H groups in total. The minimum absolute atomic E-state index is 0.265. The summed E-state index contributed by atoms with van der Waals surface area (Å²) in [6, 6.07) is 4.73. The van der Waals surface area contributed by atoms with Gasteiger partial charge in [-0.05, 0) is 51.9 Å². The van der Waals surface area contributed by atoms with E-state index in [2.05, 4.69) is 66.9 Å². The molecule has 1 saturated heterocycles. The molecule has 0 aliphatic carbocycles. The van der Waals surface area contributed by atoms with Crippen LogP contribution in [0.3, 0.4) is 0 Å². The Morgan fingerprint density at radius 3 is 2.48 bits per heavy atom. The third kappa shape index (κ3) is 4.17. The first kappa shape index (κ1) is 16.2. The van der Waals surface area contributed by atoms with E-state index in [1.54, 1.807) is 0 Å². The number of hydrogen-bond acceptors (Lipinski definition) is 4. The van der Waals surface area contributed by atoms with Crippen LogP contribution in [-0.4, -0.2) is 48.1 Å². The van der Waals surface area contributed by atoms with Crippen LogP contribution in [-0.2, 0) is 0 Å². The lowest BCUT2D eigenvalue weighted by molar-refractivity contribution is 0.128. The van der Waals surface area contributed by atoms with Crippen molar-refractivity contribution in [3.63, 3.8) is 0 Å². The zero-order valence-electron chi connectivity index (χ0n) is 14.2. The molecular weight excluding hydrogens is 260 g/mol. The first-order valence-corrected chi connectivity index (χ1v) is 8.11. The van der Waals surface area contributed by atoms with Gasteiger partial charge in [0.05, 0.1) is 0 Å². The number of piperazine rings is 1. The summed E-state index contributed by atoms with van der Waals surface area (Å²) < 4.78 is 0. The van der Waals surface area contributed by atoms with Gasteiger partial charge in [-0.3, -0.25) is 4.90 Å². The third-order valence-electron chi connectivity index (χ3n) is 4.33. The van der Waals surface area contributed by atoms with Crippen LogP contribution < -0.4 is 10.2 Å². The van der Waals surface area contributed by atoms with E-state index in [0.717, 1.165) is 38.5 Å². The highest BCUT2D eigenvalue weighted by molar-refractivity contribution is 5.42. The van der Waals surface area contributed by atoms with Crippen molar-refractivity contribution in [2.24, 2.45) is 0 Å². The largest absolute Gasteiger partial charge is 0.354 e. The molecule has 4 nitrogen and oxygen atoms in total. The minimum atomic E-state index is 0.265. The van der Waals surface area contributed by atoms with Gasteiger partial charge >= 0.3 is 0 Å². The number of aromatic nitrogens is 1. The summed E-state index contributed by atoms with van der Waals surface area (Å²) >= 11 is 0. The highest BCUT2D eigenvalue weighted by Gasteiger charge is 2.26. The summed E-state index contributed by atoms with van der Waals surface area (Å²) in [6.45, 7) is 16.6. The molecular formula is C17H30N4. The van der Waals surface area contributed by atoms with Gasteiger partial charge in [-0.1, -0.05) is 6.92 Å². The van der Waals surface area contributed by atoms with Crippen LogP contribution in [0.1, 0.15) is 46.2 Å². The summed E-state index contributed by atoms with van der Waals surface area (Å²) in [4.78, 5) is 9.53. The lowest BCUT2D eigenvalue weighted by Gasteiger charge is -2.42. The fraction of sp³-hybridized carbons (Fsp3) is 0.706. The molecule has 0 spiro atoms. The van der Waals surface area contributed by atoms with Gasteiger partial charge in [-0.2, -0.15) is 0 Å². The van der Waals surface area contributed by atoms with E-state index in [1.165, 1.54) is 5.56 Å².